The lowest BCUT2D eigenvalue weighted by Gasteiger charge is -2.43. The second-order valence-electron chi connectivity index (χ2n) is 20.0. The molecule has 0 spiro atoms. The Balaban J connectivity index is 0.593. The number of rotatable bonds is 11. The number of likely N-dealkylation sites (tertiary alicyclic amines) is 3. The van der Waals surface area contributed by atoms with Crippen LogP contribution in [0.5, 0.6) is 11.5 Å². The molecule has 71 heavy (non-hydrogen) atoms. The second-order valence-corrected chi connectivity index (χ2v) is 20.0. The van der Waals surface area contributed by atoms with Gasteiger partial charge < -0.3 is 30.1 Å². The van der Waals surface area contributed by atoms with E-state index < -0.39 is 23.8 Å². The number of para-hydroxylation sites is 1. The fourth-order valence-electron chi connectivity index (χ4n) is 11.8. The van der Waals surface area contributed by atoms with Crippen LogP contribution in [0.2, 0.25) is 0 Å². The molecule has 5 fully saturated rings. The van der Waals surface area contributed by atoms with Gasteiger partial charge in [0.2, 0.25) is 11.8 Å². The molecule has 370 valence electrons. The van der Waals surface area contributed by atoms with Crippen molar-refractivity contribution >= 4 is 52.2 Å². The maximum Gasteiger partial charge on any atom is 0.319 e. The third-order valence-electron chi connectivity index (χ3n) is 15.9. The van der Waals surface area contributed by atoms with Gasteiger partial charge in [-0.25, -0.2) is 19.4 Å². The number of nitrogens with two attached hydrogens (primary N) is 1. The highest BCUT2D eigenvalue weighted by Gasteiger charge is 2.45. The van der Waals surface area contributed by atoms with Crippen molar-refractivity contribution in [2.24, 2.45) is 5.92 Å². The van der Waals surface area contributed by atoms with Crippen LogP contribution in [-0.4, -0.2) is 158 Å². The molecule has 0 radical (unpaired) electrons. The molecule has 0 bridgehead atoms. The summed E-state index contributed by atoms with van der Waals surface area (Å²) in [4.78, 5) is 86.0. The Hall–Kier alpha value is -6.92. The van der Waals surface area contributed by atoms with Crippen molar-refractivity contribution in [3.05, 3.63) is 90.3 Å². The van der Waals surface area contributed by atoms with Gasteiger partial charge in [-0.2, -0.15) is 5.10 Å². The highest BCUT2D eigenvalue weighted by Crippen LogP contribution is 2.37. The molecule has 3 N–H and O–H groups in total. The molecule has 11 rings (SSSR count). The molecule has 5 saturated heterocycles. The van der Waals surface area contributed by atoms with Gasteiger partial charge >= 0.3 is 6.03 Å². The average Bonchev–Trinajstić information content (AvgIpc) is 3.92. The smallest absolute Gasteiger partial charge is 0.319 e. The minimum atomic E-state index is -0.969. The van der Waals surface area contributed by atoms with E-state index in [-0.39, 0.29) is 30.8 Å². The normalized spacial score (nSPS) is 21.3. The summed E-state index contributed by atoms with van der Waals surface area (Å²) in [5.74, 6) is 0.621. The lowest BCUT2D eigenvalue weighted by molar-refractivity contribution is -0.136. The van der Waals surface area contributed by atoms with E-state index >= 15 is 0 Å². The third kappa shape index (κ3) is 9.54. The number of nitrogen functional groups attached to an aromatic ring is 1. The van der Waals surface area contributed by atoms with Crippen LogP contribution in [0.1, 0.15) is 91.0 Å². The third-order valence-corrected chi connectivity index (χ3v) is 15.9. The minimum Gasteiger partial charge on any atom is -0.457 e. The number of piperazine rings is 1. The number of anilines is 2. The number of fused-ring (bicyclic) bond motifs is 2. The zero-order valence-corrected chi connectivity index (χ0v) is 40.2. The number of carbonyl (C=O) groups is 5. The summed E-state index contributed by atoms with van der Waals surface area (Å²) in [6, 6.07) is 22.9. The Kier molecular flexibility index (Phi) is 13.1. The van der Waals surface area contributed by atoms with Gasteiger partial charge in [0.25, 0.3) is 11.8 Å². The Morgan fingerprint density at radius 1 is 0.704 bits per heavy atom. The number of hydrogen-bond donors (Lipinski definition) is 2. The molecule has 1 atom stereocenters. The zero-order chi connectivity index (χ0) is 48.6. The number of amides is 6. The first kappa shape index (κ1) is 46.5. The second kappa shape index (κ2) is 20.1. The van der Waals surface area contributed by atoms with Gasteiger partial charge in [-0.15, -0.1) is 0 Å². The molecule has 18 nitrogen and oxygen atoms in total. The van der Waals surface area contributed by atoms with Gasteiger partial charge in [0.1, 0.15) is 35.4 Å². The van der Waals surface area contributed by atoms with E-state index in [9.17, 15) is 24.0 Å². The van der Waals surface area contributed by atoms with Gasteiger partial charge in [0, 0.05) is 89.2 Å². The standard InChI is InChI=1S/C53H62N12O6/c54-48-46-47(36-8-11-41(12-9-36)71-40-6-2-1-3-7-40)58-65(49(46)56-34-55-48)38-20-25-60(26-21-38)37-18-27-63(28-19-37)53(70)62-23-16-35(17-24-62)5-4-22-59-29-31-61(32-30-59)39-10-13-42-43(33-39)52(69)64(51(42)68)44-14-15-45(66)57-50(44)67/h1-3,6-13,33-35,37-38,44H,4-5,14-32H2,(H2,54,55,56)(H,57,66,67). The summed E-state index contributed by atoms with van der Waals surface area (Å²) in [7, 11) is 0. The SMILES string of the molecule is Nc1ncnc2c1c(-c1ccc(Oc3ccccc3)cc1)nn2C1CCN(C2CCN(C(=O)N3CCC(CCCN4CCN(c5ccc6c(c5)C(=O)N(C5CCC(=O)NC5=O)C6=O)CC4)CC3)CC2)CC1. The maximum absolute atomic E-state index is 13.7. The number of imide groups is 2. The Labute approximate surface area is 413 Å². The summed E-state index contributed by atoms with van der Waals surface area (Å²) < 4.78 is 8.09. The summed E-state index contributed by atoms with van der Waals surface area (Å²) in [5, 5.41) is 8.17. The van der Waals surface area contributed by atoms with Crippen LogP contribution >= 0.6 is 0 Å². The lowest BCUT2D eigenvalue weighted by Crippen LogP contribution is -2.54. The zero-order valence-electron chi connectivity index (χ0n) is 40.2. The Morgan fingerprint density at radius 3 is 2.10 bits per heavy atom. The van der Waals surface area contributed by atoms with Crippen molar-refractivity contribution in [3.63, 3.8) is 0 Å². The minimum absolute atomic E-state index is 0.0952. The summed E-state index contributed by atoms with van der Waals surface area (Å²) in [6.07, 6.45) is 10.0. The lowest BCUT2D eigenvalue weighted by atomic mass is 9.92. The van der Waals surface area contributed by atoms with Gasteiger partial charge in [-0.1, -0.05) is 18.2 Å². The first-order chi connectivity index (χ1) is 34.6. The summed E-state index contributed by atoms with van der Waals surface area (Å²) in [5.41, 5.74) is 10.4. The van der Waals surface area contributed by atoms with Crippen molar-refractivity contribution in [2.45, 2.75) is 82.3 Å². The summed E-state index contributed by atoms with van der Waals surface area (Å²) in [6.45, 7) is 9.65. The molecule has 5 aromatic rings. The van der Waals surface area contributed by atoms with Crippen molar-refractivity contribution in [1.29, 1.82) is 0 Å². The Bertz CT molecular complexity index is 2790. The molecule has 0 saturated carbocycles. The average molecular weight is 963 g/mol. The number of urea groups is 1. The number of benzene rings is 3. The predicted molar refractivity (Wildman–Crippen MR) is 267 cm³/mol. The number of aromatic nitrogens is 4. The van der Waals surface area contributed by atoms with Crippen LogP contribution in [-0.2, 0) is 9.59 Å². The fourth-order valence-corrected chi connectivity index (χ4v) is 11.8. The first-order valence-electron chi connectivity index (χ1n) is 25.6. The summed E-state index contributed by atoms with van der Waals surface area (Å²) >= 11 is 0. The van der Waals surface area contributed by atoms with Gasteiger partial charge in [0.05, 0.1) is 22.6 Å². The van der Waals surface area contributed by atoms with E-state index in [2.05, 4.69) is 44.5 Å². The molecule has 8 heterocycles. The molecule has 6 aliphatic heterocycles. The molecule has 2 aromatic heterocycles. The van der Waals surface area contributed by atoms with E-state index in [0.717, 1.165) is 168 Å². The van der Waals surface area contributed by atoms with E-state index in [4.69, 9.17) is 15.6 Å². The van der Waals surface area contributed by atoms with E-state index in [0.29, 0.717) is 28.9 Å². The van der Waals surface area contributed by atoms with Crippen LogP contribution in [0, 0.1) is 5.92 Å². The molecule has 3 aromatic carbocycles. The largest absolute Gasteiger partial charge is 0.457 e. The number of nitrogens with zero attached hydrogens (tertiary/aromatic N) is 10. The van der Waals surface area contributed by atoms with Crippen molar-refractivity contribution < 1.29 is 28.7 Å². The number of ether oxygens (including phenoxy) is 1. The highest BCUT2D eigenvalue weighted by molar-refractivity contribution is 6.23. The Morgan fingerprint density at radius 2 is 1.38 bits per heavy atom. The number of hydrogen-bond acceptors (Lipinski definition) is 13. The van der Waals surface area contributed by atoms with Crippen molar-refractivity contribution in [2.75, 3.05) is 82.6 Å². The quantitative estimate of drug-likeness (QED) is 0.151. The van der Waals surface area contributed by atoms with Gasteiger partial charge in [-0.3, -0.25) is 34.3 Å². The van der Waals surface area contributed by atoms with Crippen LogP contribution in [0.4, 0.5) is 16.3 Å². The molecule has 6 amide bonds. The monoisotopic (exact) mass is 962 g/mol. The molecular formula is C53H62N12O6. The van der Waals surface area contributed by atoms with Crippen molar-refractivity contribution in [1.82, 2.24) is 49.6 Å². The number of piperidine rings is 4. The first-order valence-corrected chi connectivity index (χ1v) is 25.6. The highest BCUT2D eigenvalue weighted by atomic mass is 16.5. The van der Waals surface area contributed by atoms with Crippen LogP contribution in [0.25, 0.3) is 22.3 Å². The van der Waals surface area contributed by atoms with Crippen LogP contribution in [0.15, 0.2) is 79.1 Å². The predicted octanol–water partition coefficient (Wildman–Crippen LogP) is 5.80. The van der Waals surface area contributed by atoms with Crippen molar-refractivity contribution in [3.8, 4) is 22.8 Å². The van der Waals surface area contributed by atoms with Crippen LogP contribution < -0.4 is 20.7 Å². The maximum atomic E-state index is 13.7. The van der Waals surface area contributed by atoms with E-state index in [1.807, 2.05) is 60.7 Å². The van der Waals surface area contributed by atoms with Gasteiger partial charge in [-0.05, 0) is 125 Å². The molecule has 6 aliphatic rings. The molecule has 1 unspecified atom stereocenters. The topological polar surface area (TPSA) is 196 Å². The molecular weight excluding hydrogens is 901 g/mol. The van der Waals surface area contributed by atoms with Gasteiger partial charge in [0.15, 0.2) is 5.65 Å². The number of carbonyl (C=O) groups excluding carboxylic acids is 5. The molecule has 18 heteroatoms. The molecule has 0 aliphatic carbocycles. The number of nitrogens with one attached hydrogen (secondary N) is 1. The fraction of sp³-hybridized carbons (Fsp3) is 0.472. The van der Waals surface area contributed by atoms with E-state index in [1.54, 1.807) is 12.1 Å². The van der Waals surface area contributed by atoms with Crippen LogP contribution in [0.3, 0.4) is 0 Å². The van der Waals surface area contributed by atoms with E-state index in [1.165, 1.54) is 6.33 Å².